The number of halogens is 1. The minimum atomic E-state index is -0.0937. The Labute approximate surface area is 199 Å². The number of hydrogen-bond donors (Lipinski definition) is 1. The third-order valence-corrected chi connectivity index (χ3v) is 7.36. The maximum absolute atomic E-state index is 12.2. The van der Waals surface area contributed by atoms with Gasteiger partial charge in [-0.3, -0.25) is 9.36 Å². The fourth-order valence-electron chi connectivity index (χ4n) is 3.20. The number of carbonyl (C=O) groups excluding carboxylic acids is 1. The lowest BCUT2D eigenvalue weighted by molar-refractivity contribution is 0.0946. The molecule has 0 spiro atoms. The number of carbonyl (C=O) groups is 1. The van der Waals surface area contributed by atoms with Crippen LogP contribution in [-0.4, -0.2) is 31.7 Å². The first-order valence-electron chi connectivity index (χ1n) is 10.2. The van der Waals surface area contributed by atoms with Crippen LogP contribution in [0, 0.1) is 6.92 Å². The maximum Gasteiger partial charge on any atom is 0.270 e. The Bertz CT molecular complexity index is 1260. The van der Waals surface area contributed by atoms with Crippen LogP contribution in [0.3, 0.4) is 0 Å². The largest absolute Gasteiger partial charge is 0.348 e. The van der Waals surface area contributed by atoms with Gasteiger partial charge in [0, 0.05) is 22.7 Å². The second kappa shape index (κ2) is 9.05. The van der Waals surface area contributed by atoms with Crippen LogP contribution in [0.25, 0.3) is 17.1 Å². The van der Waals surface area contributed by atoms with Crippen molar-refractivity contribution < 1.29 is 4.79 Å². The smallest absolute Gasteiger partial charge is 0.270 e. The second-order valence-electron chi connectivity index (χ2n) is 7.62. The summed E-state index contributed by atoms with van der Waals surface area (Å²) in [7, 11) is 0. The number of benzene rings is 2. The van der Waals surface area contributed by atoms with Crippen LogP contribution < -0.4 is 5.32 Å². The van der Waals surface area contributed by atoms with E-state index in [0.29, 0.717) is 28.3 Å². The highest BCUT2D eigenvalue weighted by Gasteiger charge is 2.25. The van der Waals surface area contributed by atoms with Crippen molar-refractivity contribution in [3.05, 3.63) is 75.2 Å². The van der Waals surface area contributed by atoms with Crippen molar-refractivity contribution in [1.29, 1.82) is 0 Å². The molecule has 162 valence electrons. The number of amides is 1. The van der Waals surface area contributed by atoms with E-state index in [2.05, 4.69) is 39.6 Å². The van der Waals surface area contributed by atoms with Crippen LogP contribution in [-0.2, 0) is 5.75 Å². The summed E-state index contributed by atoms with van der Waals surface area (Å²) < 4.78 is 2.01. The van der Waals surface area contributed by atoms with Gasteiger partial charge >= 0.3 is 0 Å². The Balaban J connectivity index is 1.42. The first-order valence-corrected chi connectivity index (χ1v) is 12.5. The highest BCUT2D eigenvalue weighted by Crippen LogP contribution is 2.33. The Hall–Kier alpha value is -2.68. The van der Waals surface area contributed by atoms with E-state index in [-0.39, 0.29) is 5.91 Å². The van der Waals surface area contributed by atoms with E-state index in [1.54, 1.807) is 0 Å². The molecule has 32 heavy (non-hydrogen) atoms. The molecule has 0 bridgehead atoms. The first-order chi connectivity index (χ1) is 15.6. The molecule has 2 heterocycles. The zero-order valence-corrected chi connectivity index (χ0v) is 19.7. The lowest BCUT2D eigenvalue weighted by Crippen LogP contribution is -2.25. The van der Waals surface area contributed by atoms with Crippen LogP contribution in [0.5, 0.6) is 0 Å². The second-order valence-corrected chi connectivity index (χ2v) is 9.91. The molecule has 6 nitrogen and oxygen atoms in total. The first kappa shape index (κ1) is 21.2. The van der Waals surface area contributed by atoms with Gasteiger partial charge in [0.25, 0.3) is 5.91 Å². The van der Waals surface area contributed by atoms with Crippen molar-refractivity contribution in [2.24, 2.45) is 0 Å². The number of aryl methyl sites for hydroxylation is 1. The number of nitrogens with one attached hydrogen (secondary N) is 1. The van der Waals surface area contributed by atoms with Gasteiger partial charge in [0.05, 0.1) is 10.8 Å². The SMILES string of the molecule is Cc1ccc(-n2c(SCc3nc(C(=O)NC4CC4)cs3)nnc2-c2ccccc2Cl)cc1. The number of thioether (sulfide) groups is 1. The Morgan fingerprint density at radius 3 is 2.72 bits per heavy atom. The summed E-state index contributed by atoms with van der Waals surface area (Å²) >= 11 is 9.48. The van der Waals surface area contributed by atoms with Crippen LogP contribution in [0.15, 0.2) is 59.1 Å². The zero-order chi connectivity index (χ0) is 22.1. The summed E-state index contributed by atoms with van der Waals surface area (Å²) in [6, 6.07) is 16.2. The molecule has 0 unspecified atom stereocenters. The normalized spacial score (nSPS) is 13.3. The Morgan fingerprint density at radius 1 is 1.19 bits per heavy atom. The van der Waals surface area contributed by atoms with Crippen molar-refractivity contribution in [3.63, 3.8) is 0 Å². The summed E-state index contributed by atoms with van der Waals surface area (Å²) in [6.07, 6.45) is 2.11. The molecule has 0 radical (unpaired) electrons. The van der Waals surface area contributed by atoms with E-state index < -0.39 is 0 Å². The van der Waals surface area contributed by atoms with Crippen LogP contribution in [0.1, 0.15) is 33.9 Å². The molecule has 0 saturated heterocycles. The quantitative estimate of drug-likeness (QED) is 0.351. The molecule has 4 aromatic rings. The fourth-order valence-corrected chi connectivity index (χ4v) is 5.17. The molecule has 1 N–H and O–H groups in total. The van der Waals surface area contributed by atoms with Crippen LogP contribution in [0.4, 0.5) is 0 Å². The summed E-state index contributed by atoms with van der Waals surface area (Å²) in [5, 5.41) is 15.9. The van der Waals surface area contributed by atoms with Crippen molar-refractivity contribution in [2.75, 3.05) is 0 Å². The third-order valence-electron chi connectivity index (χ3n) is 5.06. The van der Waals surface area contributed by atoms with Crippen LogP contribution in [0.2, 0.25) is 5.02 Å². The monoisotopic (exact) mass is 481 g/mol. The molecule has 1 aliphatic rings. The molecule has 0 aliphatic heterocycles. The molecule has 9 heteroatoms. The molecular formula is C23H20ClN5OS2. The number of rotatable bonds is 7. The lowest BCUT2D eigenvalue weighted by atomic mass is 10.2. The summed E-state index contributed by atoms with van der Waals surface area (Å²) in [4.78, 5) is 16.7. The number of thiazole rings is 1. The summed E-state index contributed by atoms with van der Waals surface area (Å²) in [5.41, 5.74) is 3.44. The predicted molar refractivity (Wildman–Crippen MR) is 129 cm³/mol. The van der Waals surface area contributed by atoms with E-state index in [0.717, 1.165) is 34.3 Å². The van der Waals surface area contributed by atoms with Gasteiger partial charge < -0.3 is 5.32 Å². The average molecular weight is 482 g/mol. The van der Waals surface area contributed by atoms with E-state index in [4.69, 9.17) is 11.6 Å². The van der Waals surface area contributed by atoms with Gasteiger partial charge in [-0.25, -0.2) is 4.98 Å². The minimum Gasteiger partial charge on any atom is -0.348 e. The molecule has 0 atom stereocenters. The Kier molecular flexibility index (Phi) is 5.99. The Morgan fingerprint density at radius 2 is 1.97 bits per heavy atom. The molecular weight excluding hydrogens is 462 g/mol. The van der Waals surface area contributed by atoms with Gasteiger partial charge in [-0.15, -0.1) is 21.5 Å². The van der Waals surface area contributed by atoms with Gasteiger partial charge in [0.2, 0.25) is 0 Å². The number of hydrogen-bond acceptors (Lipinski definition) is 6. The third kappa shape index (κ3) is 4.57. The summed E-state index contributed by atoms with van der Waals surface area (Å²) in [5.74, 6) is 1.18. The van der Waals surface area contributed by atoms with Crippen molar-refractivity contribution in [2.45, 2.75) is 36.7 Å². The van der Waals surface area contributed by atoms with Gasteiger partial charge in [-0.2, -0.15) is 0 Å². The maximum atomic E-state index is 12.2. The fraction of sp³-hybridized carbons (Fsp3) is 0.217. The van der Waals surface area contributed by atoms with E-state index in [1.807, 2.05) is 46.3 Å². The average Bonchev–Trinajstić information content (AvgIpc) is 3.31. The molecule has 5 rings (SSSR count). The van der Waals surface area contributed by atoms with Crippen molar-refractivity contribution in [1.82, 2.24) is 25.1 Å². The molecule has 1 saturated carbocycles. The zero-order valence-electron chi connectivity index (χ0n) is 17.3. The summed E-state index contributed by atoms with van der Waals surface area (Å²) in [6.45, 7) is 2.06. The highest BCUT2D eigenvalue weighted by molar-refractivity contribution is 7.98. The van der Waals surface area contributed by atoms with Crippen LogP contribution >= 0.6 is 34.7 Å². The van der Waals surface area contributed by atoms with Crippen molar-refractivity contribution >= 4 is 40.6 Å². The van der Waals surface area contributed by atoms with E-state index >= 15 is 0 Å². The standard InChI is InChI=1S/C23H20ClN5OS2/c1-14-6-10-16(11-7-14)29-21(17-4-2-3-5-18(17)24)27-28-23(29)32-13-20-26-19(12-31-20)22(30)25-15-8-9-15/h2-7,10-12,15H,8-9,13H2,1H3,(H,25,30). The van der Waals surface area contributed by atoms with E-state index in [1.165, 1.54) is 28.7 Å². The van der Waals surface area contributed by atoms with E-state index in [9.17, 15) is 4.79 Å². The number of nitrogens with zero attached hydrogens (tertiary/aromatic N) is 4. The molecule has 2 aromatic heterocycles. The topological polar surface area (TPSA) is 72.7 Å². The van der Waals surface area contributed by atoms with Gasteiger partial charge in [0.1, 0.15) is 10.7 Å². The predicted octanol–water partition coefficient (Wildman–Crippen LogP) is 5.54. The molecule has 1 fully saturated rings. The van der Waals surface area contributed by atoms with Gasteiger partial charge in [-0.1, -0.05) is 53.2 Å². The number of aromatic nitrogens is 4. The molecule has 1 amide bonds. The highest BCUT2D eigenvalue weighted by atomic mass is 35.5. The molecule has 1 aliphatic carbocycles. The minimum absolute atomic E-state index is 0.0937. The van der Waals surface area contributed by atoms with Gasteiger partial charge in [-0.05, 0) is 44.0 Å². The molecule has 2 aromatic carbocycles. The van der Waals surface area contributed by atoms with Gasteiger partial charge in [0.15, 0.2) is 11.0 Å². The van der Waals surface area contributed by atoms with Crippen molar-refractivity contribution in [3.8, 4) is 17.1 Å². The lowest BCUT2D eigenvalue weighted by Gasteiger charge is -2.11.